The Morgan fingerprint density at radius 2 is 1.98 bits per heavy atom. The molecular formula is C27H21ClF3N9O. The van der Waals surface area contributed by atoms with Gasteiger partial charge in [-0.25, -0.2) is 15.0 Å². The van der Waals surface area contributed by atoms with Crippen LogP contribution in [0.3, 0.4) is 0 Å². The van der Waals surface area contributed by atoms with Crippen molar-refractivity contribution in [2.45, 2.75) is 19.6 Å². The number of hydrogen-bond donors (Lipinski definition) is 2. The molecule has 0 radical (unpaired) electrons. The first kappa shape index (κ1) is 26.4. The van der Waals surface area contributed by atoms with E-state index >= 15 is 0 Å². The molecule has 14 heteroatoms. The van der Waals surface area contributed by atoms with E-state index < -0.39 is 28.4 Å². The maximum absolute atomic E-state index is 13.3. The van der Waals surface area contributed by atoms with Crippen LogP contribution in [-0.4, -0.2) is 41.8 Å². The van der Waals surface area contributed by atoms with E-state index in [1.165, 1.54) is 0 Å². The van der Waals surface area contributed by atoms with Gasteiger partial charge in [0.15, 0.2) is 0 Å². The number of aromatic nitrogens is 6. The van der Waals surface area contributed by atoms with Gasteiger partial charge in [-0.15, -0.1) is 0 Å². The summed E-state index contributed by atoms with van der Waals surface area (Å²) in [6, 6.07) is 7.91. The first-order chi connectivity index (χ1) is 19.6. The number of carbonyl (C=O) groups excluding carboxylic acids is 1. The molecule has 3 aromatic rings. The average Bonchev–Trinajstić information content (AvgIpc) is 3.58. The van der Waals surface area contributed by atoms with E-state index in [0.29, 0.717) is 35.9 Å². The Bertz CT molecular complexity index is 1860. The number of alkyl halides is 3. The third-order valence-corrected chi connectivity index (χ3v) is 6.99. The minimum absolute atomic E-state index is 0.308. The molecule has 2 aromatic heterocycles. The fraction of sp³-hybridized carbons (Fsp3) is 0.185. The summed E-state index contributed by atoms with van der Waals surface area (Å²) in [5, 5.41) is 9.40. The Kier molecular flexibility index (Phi) is 6.45. The van der Waals surface area contributed by atoms with Crippen LogP contribution in [-0.2, 0) is 19.8 Å². The van der Waals surface area contributed by atoms with Crippen LogP contribution < -0.4 is 16.3 Å². The molecule has 0 atom stereocenters. The second kappa shape index (κ2) is 10.0. The predicted molar refractivity (Wildman–Crippen MR) is 146 cm³/mol. The number of pyridine rings is 2. The van der Waals surface area contributed by atoms with Crippen molar-refractivity contribution in [2.75, 3.05) is 17.2 Å². The number of hydrogen-bond acceptors (Lipinski definition) is 7. The highest BCUT2D eigenvalue weighted by Crippen LogP contribution is 2.39. The first-order valence-electron chi connectivity index (χ1n) is 12.4. The van der Waals surface area contributed by atoms with Crippen molar-refractivity contribution < 1.29 is 18.0 Å². The van der Waals surface area contributed by atoms with Crippen LogP contribution in [0.4, 0.5) is 30.4 Å². The monoisotopic (exact) mass is 579 g/mol. The number of nitrogens with zero attached hydrogens (tertiary/aromatic N) is 7. The molecule has 3 aliphatic heterocycles. The highest BCUT2D eigenvalue weighted by atomic mass is 35.5. The zero-order valence-corrected chi connectivity index (χ0v) is 22.4. The van der Waals surface area contributed by atoms with Gasteiger partial charge in [0.1, 0.15) is 23.0 Å². The van der Waals surface area contributed by atoms with Gasteiger partial charge in [0, 0.05) is 49.3 Å². The van der Waals surface area contributed by atoms with Crippen LogP contribution in [0.2, 0.25) is 5.02 Å². The molecule has 208 valence electrons. The SMILES string of the molecule is Cc1ccc(NC(=O)c2nccc(C(F)(F)F)c2Cl)cc1-c1cc2cnc(=Nc3cnn(C)c3)nc-2n2c1NCC2. The minimum Gasteiger partial charge on any atom is -0.369 e. The van der Waals surface area contributed by atoms with Gasteiger partial charge in [-0.2, -0.15) is 23.3 Å². The Morgan fingerprint density at radius 3 is 2.73 bits per heavy atom. The van der Waals surface area contributed by atoms with Crippen LogP contribution in [0, 0.1) is 6.92 Å². The predicted octanol–water partition coefficient (Wildman–Crippen LogP) is 5.07. The molecule has 0 bridgehead atoms. The van der Waals surface area contributed by atoms with Crippen LogP contribution in [0.5, 0.6) is 0 Å². The Hall–Kier alpha value is -4.78. The smallest absolute Gasteiger partial charge is 0.369 e. The molecule has 0 saturated carbocycles. The Balaban J connectivity index is 1.38. The average molecular weight is 580 g/mol. The molecule has 3 aliphatic rings. The van der Waals surface area contributed by atoms with Gasteiger partial charge in [0.2, 0.25) is 0 Å². The van der Waals surface area contributed by atoms with Gasteiger partial charge in [-0.1, -0.05) is 17.7 Å². The van der Waals surface area contributed by atoms with Crippen LogP contribution in [0.15, 0.2) is 60.1 Å². The normalized spacial score (nSPS) is 13.4. The fourth-order valence-electron chi connectivity index (χ4n) is 4.70. The highest BCUT2D eigenvalue weighted by Gasteiger charge is 2.35. The number of nitrogens with one attached hydrogen (secondary N) is 2. The van der Waals surface area contributed by atoms with E-state index in [0.717, 1.165) is 40.3 Å². The first-order valence-corrected chi connectivity index (χ1v) is 12.8. The van der Waals surface area contributed by atoms with Crippen molar-refractivity contribution in [3.8, 4) is 22.5 Å². The van der Waals surface area contributed by atoms with E-state index in [-0.39, 0.29) is 0 Å². The summed E-state index contributed by atoms with van der Waals surface area (Å²) < 4.78 is 43.5. The van der Waals surface area contributed by atoms with Crippen LogP contribution in [0.1, 0.15) is 21.6 Å². The van der Waals surface area contributed by atoms with Crippen LogP contribution >= 0.6 is 11.6 Å². The summed E-state index contributed by atoms with van der Waals surface area (Å²) in [5.41, 5.74) is 3.01. The summed E-state index contributed by atoms with van der Waals surface area (Å²) >= 11 is 5.91. The lowest BCUT2D eigenvalue weighted by Gasteiger charge is -2.19. The lowest BCUT2D eigenvalue weighted by atomic mass is 9.98. The molecule has 0 unspecified atom stereocenters. The molecule has 1 aromatic carbocycles. The molecule has 0 fully saturated rings. The lowest BCUT2D eigenvalue weighted by molar-refractivity contribution is -0.137. The van der Waals surface area contributed by atoms with Gasteiger partial charge in [0.05, 0.1) is 23.0 Å². The summed E-state index contributed by atoms with van der Waals surface area (Å²) in [4.78, 5) is 30.2. The zero-order chi connectivity index (χ0) is 28.9. The second-order valence-corrected chi connectivity index (χ2v) is 9.80. The van der Waals surface area contributed by atoms with Crippen molar-refractivity contribution in [1.29, 1.82) is 0 Å². The number of rotatable bonds is 4. The van der Waals surface area contributed by atoms with Gasteiger partial charge >= 0.3 is 6.18 Å². The largest absolute Gasteiger partial charge is 0.417 e. The molecule has 6 rings (SSSR count). The van der Waals surface area contributed by atoms with Gasteiger partial charge in [-0.3, -0.25) is 9.48 Å². The topological polar surface area (TPSA) is 115 Å². The van der Waals surface area contributed by atoms with E-state index in [1.54, 1.807) is 42.5 Å². The lowest BCUT2D eigenvalue weighted by Crippen LogP contribution is -2.18. The standard InChI is InChI=1S/C27H21ClF3N9O/c1-14-3-4-16(36-25(41)22-21(28)20(5-6-32-22)27(29,30)31)10-18(14)19-9-15-11-34-26(37-17-12-35-39(2)13-17)38-23(15)40-8-7-33-24(19)40/h3-6,9-13,33H,7-8H2,1-2H3,(H,36,41). The molecule has 10 nitrogen and oxygen atoms in total. The summed E-state index contributed by atoms with van der Waals surface area (Å²) in [6.07, 6.45) is 1.28. The second-order valence-electron chi connectivity index (χ2n) is 9.42. The quantitative estimate of drug-likeness (QED) is 0.307. The maximum atomic E-state index is 13.3. The number of amides is 1. The minimum atomic E-state index is -4.72. The number of benzene rings is 1. The summed E-state index contributed by atoms with van der Waals surface area (Å²) in [7, 11) is 1.80. The third-order valence-electron chi connectivity index (χ3n) is 6.61. The van der Waals surface area contributed by atoms with E-state index in [1.807, 2.05) is 23.6 Å². The third kappa shape index (κ3) is 4.99. The number of halogens is 4. The number of carbonyl (C=O) groups is 1. The number of aryl methyl sites for hydroxylation is 2. The van der Waals surface area contributed by atoms with E-state index in [4.69, 9.17) is 11.6 Å². The van der Waals surface area contributed by atoms with Crippen LogP contribution in [0.25, 0.3) is 22.5 Å². The summed E-state index contributed by atoms with van der Waals surface area (Å²) in [5.74, 6) is 0.682. The molecule has 1 amide bonds. The van der Waals surface area contributed by atoms with Crippen molar-refractivity contribution >= 4 is 34.7 Å². The van der Waals surface area contributed by atoms with Gasteiger partial charge in [0.25, 0.3) is 11.5 Å². The van der Waals surface area contributed by atoms with E-state index in [2.05, 4.69) is 35.7 Å². The van der Waals surface area contributed by atoms with Crippen molar-refractivity contribution in [3.63, 3.8) is 0 Å². The Labute approximate surface area is 235 Å². The molecule has 0 aliphatic carbocycles. The highest BCUT2D eigenvalue weighted by molar-refractivity contribution is 6.34. The fourth-order valence-corrected chi connectivity index (χ4v) is 5.01. The number of fused-ring (bicyclic) bond motifs is 3. The summed E-state index contributed by atoms with van der Waals surface area (Å²) in [6.45, 7) is 3.27. The molecule has 41 heavy (non-hydrogen) atoms. The molecule has 2 N–H and O–H groups in total. The molecular weight excluding hydrogens is 559 g/mol. The zero-order valence-electron chi connectivity index (χ0n) is 21.7. The van der Waals surface area contributed by atoms with Gasteiger partial charge < -0.3 is 15.2 Å². The van der Waals surface area contributed by atoms with Gasteiger partial charge in [-0.05, 0) is 42.3 Å². The number of anilines is 2. The molecule has 5 heterocycles. The molecule has 0 spiro atoms. The Morgan fingerprint density at radius 1 is 1.15 bits per heavy atom. The van der Waals surface area contributed by atoms with E-state index in [9.17, 15) is 18.0 Å². The van der Waals surface area contributed by atoms with Crippen molar-refractivity contribution in [2.24, 2.45) is 12.0 Å². The molecule has 0 saturated heterocycles. The van der Waals surface area contributed by atoms with Crippen molar-refractivity contribution in [1.82, 2.24) is 29.3 Å². The maximum Gasteiger partial charge on any atom is 0.417 e. The van der Waals surface area contributed by atoms with Crippen molar-refractivity contribution in [3.05, 3.63) is 82.6 Å².